The number of nitrogens with zero attached hydrogens (tertiary/aromatic N) is 3. The molecule has 2 heterocycles. The Morgan fingerprint density at radius 3 is 2.88 bits per heavy atom. The molecule has 0 radical (unpaired) electrons. The Bertz CT molecular complexity index is 675. The molecule has 1 saturated carbocycles. The van der Waals surface area contributed by atoms with Gasteiger partial charge in [0, 0.05) is 30.7 Å². The van der Waals surface area contributed by atoms with Crippen LogP contribution in [0.25, 0.3) is 5.82 Å². The van der Waals surface area contributed by atoms with Crippen molar-refractivity contribution < 1.29 is 4.79 Å². The van der Waals surface area contributed by atoms with E-state index in [0.717, 1.165) is 37.1 Å². The molecule has 0 aliphatic heterocycles. The molecular formula is C17H25Cl2N5O. The molecule has 2 aromatic heterocycles. The third-order valence-corrected chi connectivity index (χ3v) is 4.59. The van der Waals surface area contributed by atoms with Gasteiger partial charge in [-0.05, 0) is 43.5 Å². The first-order chi connectivity index (χ1) is 11.1. The zero-order valence-corrected chi connectivity index (χ0v) is 15.9. The third-order valence-electron chi connectivity index (χ3n) is 4.59. The first-order valence-corrected chi connectivity index (χ1v) is 8.08. The minimum Gasteiger partial charge on any atom is -0.352 e. The molecule has 1 fully saturated rings. The Morgan fingerprint density at radius 1 is 1.40 bits per heavy atom. The van der Waals surface area contributed by atoms with Gasteiger partial charge in [-0.2, -0.15) is 5.10 Å². The van der Waals surface area contributed by atoms with E-state index < -0.39 is 5.54 Å². The zero-order chi connectivity index (χ0) is 16.3. The average Bonchev–Trinajstić information content (AvgIpc) is 3.07. The first-order valence-electron chi connectivity index (χ1n) is 8.08. The summed E-state index contributed by atoms with van der Waals surface area (Å²) in [5.74, 6) is 0.680. The maximum atomic E-state index is 12.5. The minimum atomic E-state index is -0.402. The molecule has 1 aliphatic carbocycles. The number of carbonyl (C=O) groups is 1. The molecule has 0 bridgehead atoms. The van der Waals surface area contributed by atoms with E-state index >= 15 is 0 Å². The molecule has 1 amide bonds. The predicted molar refractivity (Wildman–Crippen MR) is 102 cm³/mol. The summed E-state index contributed by atoms with van der Waals surface area (Å²) in [7, 11) is 0. The van der Waals surface area contributed by atoms with E-state index in [-0.39, 0.29) is 36.6 Å². The smallest absolute Gasteiger partial charge is 0.225 e. The van der Waals surface area contributed by atoms with E-state index in [9.17, 15) is 4.79 Å². The highest BCUT2D eigenvalue weighted by molar-refractivity contribution is 5.85. The highest BCUT2D eigenvalue weighted by Crippen LogP contribution is 2.31. The Balaban J connectivity index is 0.00000156. The molecule has 138 valence electrons. The molecule has 2 unspecified atom stereocenters. The van der Waals surface area contributed by atoms with Crippen LogP contribution in [0.1, 0.15) is 38.2 Å². The number of nitrogens with one attached hydrogen (secondary N) is 1. The summed E-state index contributed by atoms with van der Waals surface area (Å²) >= 11 is 0. The summed E-state index contributed by atoms with van der Waals surface area (Å²) in [6.07, 6.45) is 9.23. The second-order valence-electron chi connectivity index (χ2n) is 6.49. The lowest BCUT2D eigenvalue weighted by Crippen LogP contribution is -2.52. The second kappa shape index (κ2) is 9.17. The van der Waals surface area contributed by atoms with Gasteiger partial charge in [0.05, 0.1) is 5.92 Å². The van der Waals surface area contributed by atoms with Crippen LogP contribution in [-0.4, -0.2) is 26.2 Å². The zero-order valence-electron chi connectivity index (χ0n) is 14.2. The first kappa shape index (κ1) is 21.4. The summed E-state index contributed by atoms with van der Waals surface area (Å²) in [5.41, 5.74) is 6.89. The SMILES string of the molecule is CC1(N)CCCCC1C(=O)NCc1ccnc(-n2cccn2)c1.Cl.Cl. The van der Waals surface area contributed by atoms with Crippen LogP contribution < -0.4 is 11.1 Å². The Labute approximate surface area is 160 Å². The van der Waals surface area contributed by atoms with Crippen molar-refractivity contribution in [1.29, 1.82) is 0 Å². The lowest BCUT2D eigenvalue weighted by molar-refractivity contribution is -0.128. The third kappa shape index (κ3) is 5.17. The van der Waals surface area contributed by atoms with Crippen molar-refractivity contribution in [2.75, 3.05) is 0 Å². The van der Waals surface area contributed by atoms with Crippen molar-refractivity contribution in [3.8, 4) is 5.82 Å². The highest BCUT2D eigenvalue weighted by Gasteiger charge is 2.37. The van der Waals surface area contributed by atoms with E-state index in [2.05, 4.69) is 15.4 Å². The molecular weight excluding hydrogens is 361 g/mol. The number of hydrogen-bond donors (Lipinski definition) is 2. The van der Waals surface area contributed by atoms with Crippen LogP contribution in [0, 0.1) is 5.92 Å². The van der Waals surface area contributed by atoms with Crippen LogP contribution in [0.3, 0.4) is 0 Å². The van der Waals surface area contributed by atoms with Crippen LogP contribution in [0.5, 0.6) is 0 Å². The number of hydrogen-bond acceptors (Lipinski definition) is 4. The van der Waals surface area contributed by atoms with Crippen LogP contribution >= 0.6 is 24.8 Å². The molecule has 25 heavy (non-hydrogen) atoms. The molecule has 0 spiro atoms. The van der Waals surface area contributed by atoms with E-state index in [4.69, 9.17) is 5.73 Å². The van der Waals surface area contributed by atoms with Crippen molar-refractivity contribution in [3.05, 3.63) is 42.4 Å². The second-order valence-corrected chi connectivity index (χ2v) is 6.49. The standard InChI is InChI=1S/C17H23N5O.2ClH/c1-17(18)7-3-2-5-14(17)16(23)20-12-13-6-9-19-15(11-13)22-10-4-8-21-22;;/h4,6,8-11,14H,2-3,5,7,12,18H2,1H3,(H,20,23);2*1H. The van der Waals surface area contributed by atoms with Gasteiger partial charge >= 0.3 is 0 Å². The van der Waals surface area contributed by atoms with Crippen LogP contribution in [0.4, 0.5) is 0 Å². The molecule has 0 saturated heterocycles. The van der Waals surface area contributed by atoms with Gasteiger partial charge in [0.1, 0.15) is 0 Å². The largest absolute Gasteiger partial charge is 0.352 e. The van der Waals surface area contributed by atoms with Gasteiger partial charge in [0.2, 0.25) is 5.91 Å². The number of aromatic nitrogens is 3. The summed E-state index contributed by atoms with van der Waals surface area (Å²) < 4.78 is 1.70. The number of nitrogens with two attached hydrogens (primary N) is 1. The Kier molecular flexibility index (Phi) is 7.86. The van der Waals surface area contributed by atoms with Crippen LogP contribution in [-0.2, 0) is 11.3 Å². The highest BCUT2D eigenvalue weighted by atomic mass is 35.5. The van der Waals surface area contributed by atoms with Gasteiger partial charge in [-0.3, -0.25) is 4.79 Å². The van der Waals surface area contributed by atoms with Crippen molar-refractivity contribution in [3.63, 3.8) is 0 Å². The van der Waals surface area contributed by atoms with Crippen molar-refractivity contribution >= 4 is 30.7 Å². The molecule has 3 N–H and O–H groups in total. The van der Waals surface area contributed by atoms with Crippen molar-refractivity contribution in [2.24, 2.45) is 11.7 Å². The number of pyridine rings is 1. The van der Waals surface area contributed by atoms with Gasteiger partial charge < -0.3 is 11.1 Å². The molecule has 0 aromatic carbocycles. The van der Waals surface area contributed by atoms with Gasteiger partial charge in [-0.1, -0.05) is 12.8 Å². The fourth-order valence-electron chi connectivity index (χ4n) is 3.20. The topological polar surface area (TPSA) is 85.8 Å². The number of rotatable bonds is 4. The van der Waals surface area contributed by atoms with Crippen molar-refractivity contribution in [1.82, 2.24) is 20.1 Å². The summed E-state index contributed by atoms with van der Waals surface area (Å²) in [6, 6.07) is 5.67. The lowest BCUT2D eigenvalue weighted by atomic mass is 9.74. The Hall–Kier alpha value is -1.63. The molecule has 2 atom stereocenters. The molecule has 1 aliphatic rings. The monoisotopic (exact) mass is 385 g/mol. The molecule has 6 nitrogen and oxygen atoms in total. The number of halogens is 2. The molecule has 8 heteroatoms. The van der Waals surface area contributed by atoms with Gasteiger partial charge in [-0.25, -0.2) is 9.67 Å². The van der Waals surface area contributed by atoms with Gasteiger partial charge in [0.15, 0.2) is 5.82 Å². The fraction of sp³-hybridized carbons (Fsp3) is 0.471. The summed E-state index contributed by atoms with van der Waals surface area (Å²) in [5, 5.41) is 7.19. The maximum Gasteiger partial charge on any atom is 0.225 e. The fourth-order valence-corrected chi connectivity index (χ4v) is 3.20. The van der Waals surface area contributed by atoms with E-state index in [1.165, 1.54) is 0 Å². The number of amides is 1. The van der Waals surface area contributed by atoms with Crippen molar-refractivity contribution in [2.45, 2.75) is 44.7 Å². The molecule has 2 aromatic rings. The van der Waals surface area contributed by atoms with Gasteiger partial charge in [-0.15, -0.1) is 24.8 Å². The van der Waals surface area contributed by atoms with E-state index in [0.29, 0.717) is 6.54 Å². The summed E-state index contributed by atoms with van der Waals surface area (Å²) in [6.45, 7) is 2.46. The quantitative estimate of drug-likeness (QED) is 0.846. The lowest BCUT2D eigenvalue weighted by Gasteiger charge is -2.37. The van der Waals surface area contributed by atoms with Crippen LogP contribution in [0.15, 0.2) is 36.8 Å². The van der Waals surface area contributed by atoms with E-state index in [1.54, 1.807) is 17.1 Å². The predicted octanol–water partition coefficient (Wildman–Crippen LogP) is 2.63. The normalized spacial score (nSPS) is 22.4. The van der Waals surface area contributed by atoms with Gasteiger partial charge in [0.25, 0.3) is 0 Å². The number of carbonyl (C=O) groups excluding carboxylic acids is 1. The average molecular weight is 386 g/mol. The minimum absolute atomic E-state index is 0. The van der Waals surface area contributed by atoms with E-state index in [1.807, 2.05) is 31.3 Å². The maximum absolute atomic E-state index is 12.5. The van der Waals surface area contributed by atoms with Crippen LogP contribution in [0.2, 0.25) is 0 Å². The summed E-state index contributed by atoms with van der Waals surface area (Å²) in [4.78, 5) is 16.8. The Morgan fingerprint density at radius 2 is 2.20 bits per heavy atom. The molecule has 3 rings (SSSR count).